The lowest BCUT2D eigenvalue weighted by Crippen LogP contribution is -2.48. The van der Waals surface area contributed by atoms with Gasteiger partial charge >= 0.3 is 0 Å². The van der Waals surface area contributed by atoms with Crippen molar-refractivity contribution in [3.63, 3.8) is 0 Å². The second kappa shape index (κ2) is 8.26. The van der Waals surface area contributed by atoms with Crippen LogP contribution in [0, 0.1) is 22.9 Å². The molecule has 10 heteroatoms. The summed E-state index contributed by atoms with van der Waals surface area (Å²) in [5.41, 5.74) is 0. The van der Waals surface area contributed by atoms with E-state index in [2.05, 4.69) is 6.19 Å². The van der Waals surface area contributed by atoms with Gasteiger partial charge in [-0.15, -0.1) is 0 Å². The van der Waals surface area contributed by atoms with E-state index in [0.29, 0.717) is 47.2 Å². The molecule has 2 heterocycles. The summed E-state index contributed by atoms with van der Waals surface area (Å²) >= 11 is 5.99. The molecule has 2 saturated heterocycles. The van der Waals surface area contributed by atoms with Gasteiger partial charge in [-0.2, -0.15) is 14.8 Å². The number of likely N-dealkylation sites (tertiary alicyclic amines) is 2. The molecule has 4 rings (SSSR count). The molecule has 160 valence electrons. The van der Waals surface area contributed by atoms with E-state index < -0.39 is 16.1 Å². The van der Waals surface area contributed by atoms with Gasteiger partial charge in [0, 0.05) is 30.7 Å². The number of piperidine rings is 1. The van der Waals surface area contributed by atoms with Crippen molar-refractivity contribution in [2.24, 2.45) is 0 Å². The lowest BCUT2D eigenvalue weighted by molar-refractivity contribution is -0.133. The molecular formula is C21H20ClN5O3S. The normalized spacial score (nSPS) is 20.0. The first-order chi connectivity index (χ1) is 14.8. The van der Waals surface area contributed by atoms with Gasteiger partial charge in [-0.1, -0.05) is 23.7 Å². The minimum absolute atomic E-state index is 0.0440. The van der Waals surface area contributed by atoms with Gasteiger partial charge in [0.25, 0.3) is 10.0 Å². The third kappa shape index (κ3) is 3.87. The molecule has 8 nitrogen and oxygen atoms in total. The van der Waals surface area contributed by atoms with Crippen LogP contribution in [0.5, 0.6) is 0 Å². The molecule has 0 bridgehead atoms. The molecule has 2 aromatic carbocycles. The maximum Gasteiger partial charge on any atom is 0.273 e. The van der Waals surface area contributed by atoms with Crippen LogP contribution < -0.4 is 0 Å². The van der Waals surface area contributed by atoms with Crippen LogP contribution in [0.25, 0.3) is 10.8 Å². The summed E-state index contributed by atoms with van der Waals surface area (Å²) in [5, 5.41) is 20.7. The highest BCUT2D eigenvalue weighted by Crippen LogP contribution is 2.30. The number of carbonyl (C=O) groups is 1. The Morgan fingerprint density at radius 3 is 2.35 bits per heavy atom. The highest BCUT2D eigenvalue weighted by Gasteiger charge is 2.44. The van der Waals surface area contributed by atoms with Crippen molar-refractivity contribution >= 4 is 38.3 Å². The first-order valence-electron chi connectivity index (χ1n) is 9.94. The number of nitrogens with zero attached hydrogens (tertiary/aromatic N) is 5. The van der Waals surface area contributed by atoms with Gasteiger partial charge in [0.2, 0.25) is 5.91 Å². The number of hydrogen-bond donors (Lipinski definition) is 0. The van der Waals surface area contributed by atoms with Crippen molar-refractivity contribution in [1.82, 2.24) is 14.1 Å². The quantitative estimate of drug-likeness (QED) is 0.515. The van der Waals surface area contributed by atoms with Crippen LogP contribution in [0.3, 0.4) is 0 Å². The number of carbonyl (C=O) groups excluding carboxylic acids is 1. The topological polar surface area (TPSA) is 109 Å². The molecule has 0 spiro atoms. The van der Waals surface area contributed by atoms with Gasteiger partial charge in [0.15, 0.2) is 12.4 Å². The largest absolute Gasteiger partial charge is 0.338 e. The van der Waals surface area contributed by atoms with E-state index in [1.807, 2.05) is 0 Å². The molecule has 0 saturated carbocycles. The molecule has 0 unspecified atom stereocenters. The van der Waals surface area contributed by atoms with Gasteiger partial charge in [0.1, 0.15) is 6.04 Å². The first-order valence-corrected chi connectivity index (χ1v) is 11.8. The van der Waals surface area contributed by atoms with Gasteiger partial charge in [-0.3, -0.25) is 4.79 Å². The van der Waals surface area contributed by atoms with Crippen molar-refractivity contribution < 1.29 is 13.2 Å². The number of halogens is 1. The Hall–Kier alpha value is -3.01. The van der Waals surface area contributed by atoms with E-state index in [0.717, 1.165) is 5.39 Å². The Morgan fingerprint density at radius 1 is 1.00 bits per heavy atom. The predicted molar refractivity (Wildman–Crippen MR) is 114 cm³/mol. The fourth-order valence-corrected chi connectivity index (χ4v) is 5.87. The fraction of sp³-hybridized carbons (Fsp3) is 0.381. The van der Waals surface area contributed by atoms with Gasteiger partial charge in [0.05, 0.1) is 4.90 Å². The highest BCUT2D eigenvalue weighted by molar-refractivity contribution is 7.89. The summed E-state index contributed by atoms with van der Waals surface area (Å²) in [7, 11) is -4.20. The van der Waals surface area contributed by atoms with Crippen LogP contribution in [0.2, 0.25) is 5.02 Å². The van der Waals surface area contributed by atoms with Crippen molar-refractivity contribution in [1.29, 1.82) is 10.5 Å². The molecule has 2 fully saturated rings. The van der Waals surface area contributed by atoms with E-state index in [1.54, 1.807) is 40.3 Å². The van der Waals surface area contributed by atoms with Crippen LogP contribution in [0.4, 0.5) is 0 Å². The van der Waals surface area contributed by atoms with Gasteiger partial charge < -0.3 is 9.80 Å². The lowest BCUT2D eigenvalue weighted by Gasteiger charge is -2.34. The molecule has 1 atom stereocenters. The number of nitriles is 2. The summed E-state index contributed by atoms with van der Waals surface area (Å²) in [5.74, 6) is -0.354. The van der Waals surface area contributed by atoms with Gasteiger partial charge in [-0.05, 0) is 54.3 Å². The van der Waals surface area contributed by atoms with E-state index in [1.165, 1.54) is 12.1 Å². The maximum atomic E-state index is 13.2. The molecule has 1 amide bonds. The molecule has 0 N–H and O–H groups in total. The zero-order chi connectivity index (χ0) is 22.2. The van der Waals surface area contributed by atoms with Crippen molar-refractivity contribution in [3.8, 4) is 12.4 Å². The van der Waals surface area contributed by atoms with Crippen molar-refractivity contribution in [2.75, 3.05) is 19.6 Å². The average molecular weight is 458 g/mol. The molecule has 2 aliphatic rings. The monoisotopic (exact) mass is 457 g/mol. The summed E-state index contributed by atoms with van der Waals surface area (Å²) in [6.45, 7) is 1.53. The second-order valence-electron chi connectivity index (χ2n) is 7.71. The van der Waals surface area contributed by atoms with E-state index in [4.69, 9.17) is 16.9 Å². The first kappa shape index (κ1) is 21.2. The molecule has 0 aromatic heterocycles. The van der Waals surface area contributed by atoms with Crippen LogP contribution in [-0.4, -0.2) is 60.1 Å². The number of amides is 1. The number of sulfonamides is 1. The standard InChI is InChI=1S/C21H20ClN5O3S/c22-17-3-1-16-12-19(4-2-15(16)11-17)31(29,30)27(14-24)20-7-10-26(21(20)28)18-5-8-25(13-23)9-6-18/h1-4,11-12,18,20H,5-10H2/t20-/m0/s1. The molecule has 2 aliphatic heterocycles. The van der Waals surface area contributed by atoms with E-state index in [9.17, 15) is 18.5 Å². The summed E-state index contributed by atoms with van der Waals surface area (Å²) in [6.07, 6.45) is 5.40. The number of fused-ring (bicyclic) bond motifs is 1. The van der Waals surface area contributed by atoms with Crippen LogP contribution in [0.15, 0.2) is 41.3 Å². The average Bonchev–Trinajstić information content (AvgIpc) is 3.14. The third-order valence-electron chi connectivity index (χ3n) is 5.97. The number of hydrogen-bond acceptors (Lipinski definition) is 6. The SMILES string of the molecule is N#CN1CCC(N2CC[C@H](N(C#N)S(=O)(=O)c3ccc4cc(Cl)ccc4c3)C2=O)CC1. The third-order valence-corrected chi connectivity index (χ3v) is 7.91. The smallest absolute Gasteiger partial charge is 0.273 e. The second-order valence-corrected chi connectivity index (χ2v) is 9.96. The van der Waals surface area contributed by atoms with E-state index in [-0.39, 0.29) is 23.3 Å². The molecular weight excluding hydrogens is 438 g/mol. The molecule has 0 radical (unpaired) electrons. The van der Waals surface area contributed by atoms with Crippen molar-refractivity contribution in [3.05, 3.63) is 41.4 Å². The summed E-state index contributed by atoms with van der Waals surface area (Å²) in [6, 6.07) is 8.55. The molecule has 0 aliphatic carbocycles. The Bertz CT molecular complexity index is 1210. The number of benzene rings is 2. The molecule has 2 aromatic rings. The maximum absolute atomic E-state index is 13.2. The predicted octanol–water partition coefficient (Wildman–Crippen LogP) is 2.51. The lowest BCUT2D eigenvalue weighted by atomic mass is 10.0. The van der Waals surface area contributed by atoms with Gasteiger partial charge in [-0.25, -0.2) is 8.42 Å². The fourth-order valence-electron chi connectivity index (χ4n) is 4.30. The minimum atomic E-state index is -4.20. The van der Waals surface area contributed by atoms with E-state index >= 15 is 0 Å². The van der Waals surface area contributed by atoms with Crippen LogP contribution in [0.1, 0.15) is 19.3 Å². The summed E-state index contributed by atoms with van der Waals surface area (Å²) in [4.78, 5) is 16.3. The summed E-state index contributed by atoms with van der Waals surface area (Å²) < 4.78 is 27.1. The Kier molecular flexibility index (Phi) is 5.65. The highest BCUT2D eigenvalue weighted by atomic mass is 35.5. The van der Waals surface area contributed by atoms with Crippen LogP contribution in [-0.2, 0) is 14.8 Å². The van der Waals surface area contributed by atoms with Crippen LogP contribution >= 0.6 is 11.6 Å². The zero-order valence-corrected chi connectivity index (χ0v) is 18.2. The molecule has 31 heavy (non-hydrogen) atoms. The Labute approximate surface area is 185 Å². The Balaban J connectivity index is 1.57. The number of rotatable bonds is 4. The Morgan fingerprint density at radius 2 is 1.68 bits per heavy atom. The van der Waals surface area contributed by atoms with Crippen molar-refractivity contribution in [2.45, 2.75) is 36.2 Å². The zero-order valence-electron chi connectivity index (χ0n) is 16.6. The minimum Gasteiger partial charge on any atom is -0.338 e.